The smallest absolute Gasteiger partial charge is 0.326 e. The Morgan fingerprint density at radius 1 is 1.38 bits per heavy atom. The topological polar surface area (TPSA) is 60.9 Å². The number of hydrogen-bond acceptors (Lipinski definition) is 4. The highest BCUT2D eigenvalue weighted by atomic mass is 32.1. The highest BCUT2D eigenvalue weighted by Crippen LogP contribution is 2.41. The summed E-state index contributed by atoms with van der Waals surface area (Å²) in [6, 6.07) is 1.45. The molecular formula is C18H26N2O3S. The summed E-state index contributed by atoms with van der Waals surface area (Å²) >= 11 is 1.82. The van der Waals surface area contributed by atoms with Crippen LogP contribution in [0, 0.1) is 12.3 Å². The van der Waals surface area contributed by atoms with E-state index in [2.05, 4.69) is 23.3 Å². The van der Waals surface area contributed by atoms with Crippen molar-refractivity contribution in [1.29, 1.82) is 0 Å². The third-order valence-corrected chi connectivity index (χ3v) is 6.78. The van der Waals surface area contributed by atoms with Gasteiger partial charge in [0.15, 0.2) is 0 Å². The second-order valence-electron chi connectivity index (χ2n) is 7.34. The van der Waals surface area contributed by atoms with E-state index in [1.807, 2.05) is 11.3 Å². The van der Waals surface area contributed by atoms with E-state index >= 15 is 0 Å². The van der Waals surface area contributed by atoms with Crippen LogP contribution in [0.3, 0.4) is 0 Å². The number of carboxylic acid groups (broad SMARTS) is 1. The molecule has 2 aliphatic heterocycles. The number of carbonyl (C=O) groups excluding carboxylic acids is 1. The summed E-state index contributed by atoms with van der Waals surface area (Å²) in [6.45, 7) is 7.45. The van der Waals surface area contributed by atoms with E-state index in [1.54, 1.807) is 11.8 Å². The van der Waals surface area contributed by atoms with Gasteiger partial charge in [-0.2, -0.15) is 0 Å². The van der Waals surface area contributed by atoms with Crippen LogP contribution in [0.4, 0.5) is 0 Å². The van der Waals surface area contributed by atoms with Crippen LogP contribution in [0.1, 0.15) is 43.0 Å². The van der Waals surface area contributed by atoms with Crippen molar-refractivity contribution in [3.63, 3.8) is 0 Å². The van der Waals surface area contributed by atoms with Gasteiger partial charge < -0.3 is 10.0 Å². The minimum atomic E-state index is -0.911. The number of aliphatic carboxylic acids is 1. The summed E-state index contributed by atoms with van der Waals surface area (Å²) in [5, 5.41) is 11.4. The van der Waals surface area contributed by atoms with Crippen molar-refractivity contribution in [2.45, 2.75) is 52.1 Å². The Morgan fingerprint density at radius 2 is 2.08 bits per heavy atom. The number of amides is 1. The van der Waals surface area contributed by atoms with Crippen molar-refractivity contribution in [3.05, 3.63) is 21.9 Å². The summed E-state index contributed by atoms with van der Waals surface area (Å²) in [5.41, 5.74) is 1.48. The number of aryl methyl sites for hydroxylation is 1. The first kappa shape index (κ1) is 17.4. The summed E-state index contributed by atoms with van der Waals surface area (Å²) < 4.78 is 0. The van der Waals surface area contributed by atoms with Gasteiger partial charge in [0, 0.05) is 24.4 Å². The zero-order valence-electron chi connectivity index (χ0n) is 14.5. The minimum absolute atomic E-state index is 0.00725. The Morgan fingerprint density at radius 3 is 2.67 bits per heavy atom. The lowest BCUT2D eigenvalue weighted by Gasteiger charge is -2.48. The Bertz CT molecular complexity index is 620. The molecule has 2 saturated heterocycles. The van der Waals surface area contributed by atoms with Crippen molar-refractivity contribution in [2.75, 3.05) is 19.6 Å². The van der Waals surface area contributed by atoms with E-state index < -0.39 is 12.0 Å². The van der Waals surface area contributed by atoms with Crippen LogP contribution in [0.15, 0.2) is 11.4 Å². The quantitative estimate of drug-likeness (QED) is 0.907. The molecule has 1 N–H and O–H groups in total. The number of nitrogens with zero attached hydrogens (tertiary/aromatic N) is 2. The molecule has 1 atom stereocenters. The molecule has 6 heteroatoms. The molecule has 1 amide bonds. The molecule has 2 fully saturated rings. The van der Waals surface area contributed by atoms with Gasteiger partial charge in [-0.05, 0) is 68.6 Å². The van der Waals surface area contributed by atoms with Crippen LogP contribution in [0.5, 0.6) is 0 Å². The maximum absolute atomic E-state index is 12.1. The van der Waals surface area contributed by atoms with Gasteiger partial charge in [-0.3, -0.25) is 9.69 Å². The van der Waals surface area contributed by atoms with Gasteiger partial charge in [0.25, 0.3) is 0 Å². The van der Waals surface area contributed by atoms with Gasteiger partial charge >= 0.3 is 5.97 Å². The van der Waals surface area contributed by atoms with Gasteiger partial charge in [0.1, 0.15) is 6.04 Å². The molecule has 24 heavy (non-hydrogen) atoms. The standard InChI is InChI=1S/C18H26N2O3S/c1-13-4-10-24-15(13)11-19-8-6-18(7-9-19)5-3-16(21)20(12-18)14(2)17(22)23/h4,10,14H,3,5-9,11-12H2,1-2H3,(H,22,23). The van der Waals surface area contributed by atoms with Gasteiger partial charge in [-0.25, -0.2) is 4.79 Å². The Kier molecular flexibility index (Phi) is 4.97. The first-order valence-corrected chi connectivity index (χ1v) is 9.56. The minimum Gasteiger partial charge on any atom is -0.480 e. The molecule has 5 nitrogen and oxygen atoms in total. The number of rotatable bonds is 4. The maximum Gasteiger partial charge on any atom is 0.326 e. The van der Waals surface area contributed by atoms with Gasteiger partial charge in [0.2, 0.25) is 5.91 Å². The molecule has 1 aromatic heterocycles. The number of carboxylic acids is 1. The van der Waals surface area contributed by atoms with E-state index in [-0.39, 0.29) is 11.3 Å². The van der Waals surface area contributed by atoms with Crippen molar-refractivity contribution >= 4 is 23.2 Å². The van der Waals surface area contributed by atoms with Crippen LogP contribution in [-0.4, -0.2) is 52.5 Å². The molecule has 0 aromatic carbocycles. The third-order valence-electron chi connectivity index (χ3n) is 5.77. The molecule has 0 bridgehead atoms. The zero-order valence-corrected chi connectivity index (χ0v) is 15.3. The molecule has 3 rings (SSSR count). The van der Waals surface area contributed by atoms with Crippen LogP contribution < -0.4 is 0 Å². The highest BCUT2D eigenvalue weighted by molar-refractivity contribution is 7.10. The number of piperidine rings is 2. The normalized spacial score (nSPS) is 22.8. The number of hydrogen-bond donors (Lipinski definition) is 1. The van der Waals surface area contributed by atoms with Gasteiger partial charge in [0.05, 0.1) is 0 Å². The average molecular weight is 350 g/mol. The van der Waals surface area contributed by atoms with Gasteiger partial charge in [-0.15, -0.1) is 11.3 Å². The maximum atomic E-state index is 12.1. The van der Waals surface area contributed by atoms with E-state index in [0.29, 0.717) is 13.0 Å². The number of thiophene rings is 1. The monoisotopic (exact) mass is 350 g/mol. The summed E-state index contributed by atoms with van der Waals surface area (Å²) in [7, 11) is 0. The average Bonchev–Trinajstić information content (AvgIpc) is 2.96. The Balaban J connectivity index is 1.61. The molecule has 3 heterocycles. The van der Waals surface area contributed by atoms with Crippen molar-refractivity contribution < 1.29 is 14.7 Å². The van der Waals surface area contributed by atoms with Crippen molar-refractivity contribution in [1.82, 2.24) is 9.80 Å². The molecule has 132 valence electrons. The van der Waals surface area contributed by atoms with Crippen LogP contribution >= 0.6 is 11.3 Å². The first-order valence-electron chi connectivity index (χ1n) is 8.68. The largest absolute Gasteiger partial charge is 0.480 e. The summed E-state index contributed by atoms with van der Waals surface area (Å²) in [6.07, 6.45) is 3.49. The summed E-state index contributed by atoms with van der Waals surface area (Å²) in [4.78, 5) is 28.9. The molecule has 0 radical (unpaired) electrons. The highest BCUT2D eigenvalue weighted by Gasteiger charge is 2.43. The fourth-order valence-corrected chi connectivity index (χ4v) is 4.84. The predicted octanol–water partition coefficient (Wildman–Crippen LogP) is 2.73. The van der Waals surface area contributed by atoms with Crippen LogP contribution in [0.2, 0.25) is 0 Å². The predicted molar refractivity (Wildman–Crippen MR) is 94.0 cm³/mol. The SMILES string of the molecule is Cc1ccsc1CN1CCC2(CCC(=O)N(C(C)C(=O)O)C2)CC1. The van der Waals surface area contributed by atoms with Crippen LogP contribution in [0.25, 0.3) is 0 Å². The molecular weight excluding hydrogens is 324 g/mol. The number of likely N-dealkylation sites (tertiary alicyclic amines) is 2. The zero-order chi connectivity index (χ0) is 17.3. The van der Waals surface area contributed by atoms with E-state index in [0.717, 1.165) is 38.9 Å². The van der Waals surface area contributed by atoms with Crippen molar-refractivity contribution in [3.8, 4) is 0 Å². The summed E-state index contributed by atoms with van der Waals surface area (Å²) in [5.74, 6) is -0.918. The van der Waals surface area contributed by atoms with E-state index in [4.69, 9.17) is 0 Å². The lowest BCUT2D eigenvalue weighted by molar-refractivity contribution is -0.155. The fourth-order valence-electron chi connectivity index (χ4n) is 3.89. The molecule has 1 aromatic rings. The lowest BCUT2D eigenvalue weighted by atomic mass is 9.72. The molecule has 1 unspecified atom stereocenters. The van der Waals surface area contributed by atoms with Gasteiger partial charge in [-0.1, -0.05) is 0 Å². The van der Waals surface area contributed by atoms with E-state index in [9.17, 15) is 14.7 Å². The molecule has 2 aliphatic rings. The molecule has 0 aliphatic carbocycles. The Labute approximate surface area is 147 Å². The Hall–Kier alpha value is -1.40. The lowest BCUT2D eigenvalue weighted by Crippen LogP contribution is -2.55. The second kappa shape index (κ2) is 6.84. The van der Waals surface area contributed by atoms with Crippen molar-refractivity contribution in [2.24, 2.45) is 5.41 Å². The fraction of sp³-hybridized carbons (Fsp3) is 0.667. The molecule has 1 spiro atoms. The number of carbonyl (C=O) groups is 2. The van der Waals surface area contributed by atoms with E-state index in [1.165, 1.54) is 10.4 Å². The third kappa shape index (κ3) is 3.49. The van der Waals surface area contributed by atoms with Crippen LogP contribution in [-0.2, 0) is 16.1 Å². The second-order valence-corrected chi connectivity index (χ2v) is 8.34. The first-order chi connectivity index (χ1) is 11.4. The molecule has 0 saturated carbocycles.